The van der Waals surface area contributed by atoms with Crippen molar-refractivity contribution in [2.24, 2.45) is 0 Å². The van der Waals surface area contributed by atoms with E-state index < -0.39 is 0 Å². The molecule has 0 spiro atoms. The summed E-state index contributed by atoms with van der Waals surface area (Å²) in [6.07, 6.45) is 2.60. The second-order valence-electron chi connectivity index (χ2n) is 5.02. The van der Waals surface area contributed by atoms with Gasteiger partial charge >= 0.3 is 0 Å². The van der Waals surface area contributed by atoms with E-state index in [0.717, 1.165) is 27.3 Å². The van der Waals surface area contributed by atoms with Gasteiger partial charge in [0.25, 0.3) is 0 Å². The summed E-state index contributed by atoms with van der Waals surface area (Å²) >= 11 is 1.54. The third-order valence-electron chi connectivity index (χ3n) is 3.28. The lowest BCUT2D eigenvalue weighted by atomic mass is 10.2. The van der Waals surface area contributed by atoms with Gasteiger partial charge in [-0.3, -0.25) is 4.79 Å². The fourth-order valence-electron chi connectivity index (χ4n) is 2.22. The number of para-hydroxylation sites is 1. The number of hydrogen-bond donors (Lipinski definition) is 2. The number of rotatable bonds is 6. The molecule has 0 aliphatic rings. The number of aryl methyl sites for hydroxylation is 1. The molecule has 0 aliphatic carbocycles. The number of carbonyl (C=O) groups is 1. The van der Waals surface area contributed by atoms with Gasteiger partial charge in [-0.2, -0.15) is 0 Å². The Kier molecular flexibility index (Phi) is 4.48. The molecule has 1 aromatic carbocycles. The molecular weight excluding hydrogens is 298 g/mol. The Bertz CT molecular complexity index is 778. The molecule has 1 amide bonds. The first kappa shape index (κ1) is 14.7. The van der Waals surface area contributed by atoms with Crippen molar-refractivity contribution in [1.82, 2.24) is 15.5 Å². The lowest BCUT2D eigenvalue weighted by Crippen LogP contribution is -2.27. The molecule has 0 saturated heterocycles. The highest BCUT2D eigenvalue weighted by Crippen LogP contribution is 2.27. The maximum absolute atomic E-state index is 11.9. The molecule has 3 aromatic rings. The summed E-state index contributed by atoms with van der Waals surface area (Å²) in [5.41, 5.74) is 1.95. The number of amides is 1. The highest BCUT2D eigenvalue weighted by atomic mass is 32.2. The molecule has 22 heavy (non-hydrogen) atoms. The molecule has 0 unspecified atom stereocenters. The lowest BCUT2D eigenvalue weighted by molar-refractivity contribution is -0.118. The van der Waals surface area contributed by atoms with Gasteiger partial charge in [0.15, 0.2) is 0 Å². The van der Waals surface area contributed by atoms with Crippen molar-refractivity contribution >= 4 is 28.6 Å². The Morgan fingerprint density at radius 3 is 3.09 bits per heavy atom. The summed E-state index contributed by atoms with van der Waals surface area (Å²) in [6.45, 7) is 2.44. The fourth-order valence-corrected chi connectivity index (χ4v) is 3.08. The largest absolute Gasteiger partial charge is 0.361 e. The Morgan fingerprint density at radius 1 is 1.41 bits per heavy atom. The second kappa shape index (κ2) is 6.70. The average molecular weight is 315 g/mol. The van der Waals surface area contributed by atoms with Crippen LogP contribution in [-0.4, -0.2) is 28.3 Å². The monoisotopic (exact) mass is 315 g/mol. The van der Waals surface area contributed by atoms with Crippen molar-refractivity contribution in [2.45, 2.75) is 18.2 Å². The van der Waals surface area contributed by atoms with Crippen LogP contribution in [0.2, 0.25) is 0 Å². The van der Waals surface area contributed by atoms with Crippen molar-refractivity contribution in [3.8, 4) is 0 Å². The van der Waals surface area contributed by atoms with Gasteiger partial charge in [0.1, 0.15) is 5.76 Å². The van der Waals surface area contributed by atoms with E-state index in [4.69, 9.17) is 4.52 Å². The summed E-state index contributed by atoms with van der Waals surface area (Å²) < 4.78 is 5.10. The van der Waals surface area contributed by atoms with Gasteiger partial charge in [0, 0.05) is 41.0 Å². The van der Waals surface area contributed by atoms with Crippen LogP contribution in [0.15, 0.2) is 45.9 Å². The van der Waals surface area contributed by atoms with Gasteiger partial charge in [-0.25, -0.2) is 0 Å². The van der Waals surface area contributed by atoms with E-state index in [-0.39, 0.29) is 5.91 Å². The molecule has 6 heteroatoms. The molecule has 2 aromatic heterocycles. The summed E-state index contributed by atoms with van der Waals surface area (Å²) in [5.74, 6) is 1.21. The Hall–Kier alpha value is -2.21. The first-order valence-electron chi connectivity index (χ1n) is 7.10. The van der Waals surface area contributed by atoms with E-state index in [9.17, 15) is 4.79 Å². The second-order valence-corrected chi connectivity index (χ2v) is 6.04. The molecule has 3 rings (SSSR count). The Balaban J connectivity index is 1.46. The molecule has 0 bridgehead atoms. The molecule has 2 heterocycles. The van der Waals surface area contributed by atoms with Crippen LogP contribution in [0.25, 0.3) is 10.9 Å². The van der Waals surface area contributed by atoms with Crippen LogP contribution < -0.4 is 5.32 Å². The van der Waals surface area contributed by atoms with E-state index in [2.05, 4.69) is 21.5 Å². The number of H-pyrrole nitrogens is 1. The first-order valence-corrected chi connectivity index (χ1v) is 8.09. The summed E-state index contributed by atoms with van der Waals surface area (Å²) in [5, 5.41) is 7.86. The number of nitrogens with one attached hydrogen (secondary N) is 2. The van der Waals surface area contributed by atoms with Gasteiger partial charge in [0.2, 0.25) is 5.91 Å². The normalized spacial score (nSPS) is 11.0. The highest BCUT2D eigenvalue weighted by molar-refractivity contribution is 8.00. The fraction of sp³-hybridized carbons (Fsp3) is 0.250. The maximum atomic E-state index is 11.9. The molecule has 0 atom stereocenters. The minimum absolute atomic E-state index is 0.0199. The standard InChI is InChI=1S/C16H17N3O2S/c1-11-8-12(21-19-11)6-7-17-16(20)10-22-15-9-18-14-5-3-2-4-13(14)15/h2-5,8-9,18H,6-7,10H2,1H3,(H,17,20). The Labute approximate surface area is 132 Å². The van der Waals surface area contributed by atoms with Crippen molar-refractivity contribution in [3.05, 3.63) is 48.0 Å². The van der Waals surface area contributed by atoms with Crippen LogP contribution in [-0.2, 0) is 11.2 Å². The van der Waals surface area contributed by atoms with E-state index in [1.807, 2.05) is 37.4 Å². The van der Waals surface area contributed by atoms with Crippen LogP contribution in [0, 0.1) is 6.92 Å². The van der Waals surface area contributed by atoms with E-state index >= 15 is 0 Å². The molecular formula is C16H17N3O2S. The number of nitrogens with zero attached hydrogens (tertiary/aromatic N) is 1. The summed E-state index contributed by atoms with van der Waals surface area (Å²) in [7, 11) is 0. The number of hydrogen-bond acceptors (Lipinski definition) is 4. The summed E-state index contributed by atoms with van der Waals surface area (Å²) in [4.78, 5) is 16.2. The SMILES string of the molecule is Cc1cc(CCNC(=O)CSc2c[nH]c3ccccc23)on1. The molecule has 0 radical (unpaired) electrons. The van der Waals surface area contributed by atoms with Gasteiger partial charge in [0.05, 0.1) is 11.4 Å². The van der Waals surface area contributed by atoms with E-state index in [1.165, 1.54) is 11.8 Å². The lowest BCUT2D eigenvalue weighted by Gasteiger charge is -2.03. The number of carbonyl (C=O) groups excluding carboxylic acids is 1. The van der Waals surface area contributed by atoms with Gasteiger partial charge in [-0.1, -0.05) is 23.4 Å². The van der Waals surface area contributed by atoms with Crippen LogP contribution in [0.5, 0.6) is 0 Å². The third-order valence-corrected chi connectivity index (χ3v) is 4.34. The van der Waals surface area contributed by atoms with Crippen molar-refractivity contribution in [1.29, 1.82) is 0 Å². The number of aromatic nitrogens is 2. The predicted molar refractivity (Wildman–Crippen MR) is 87.0 cm³/mol. The van der Waals surface area contributed by atoms with Gasteiger partial charge < -0.3 is 14.8 Å². The van der Waals surface area contributed by atoms with E-state index in [1.54, 1.807) is 0 Å². The smallest absolute Gasteiger partial charge is 0.230 e. The average Bonchev–Trinajstić information content (AvgIpc) is 3.11. The van der Waals surface area contributed by atoms with Crippen LogP contribution >= 0.6 is 11.8 Å². The minimum Gasteiger partial charge on any atom is -0.361 e. The number of thioether (sulfide) groups is 1. The highest BCUT2D eigenvalue weighted by Gasteiger charge is 2.07. The molecule has 5 nitrogen and oxygen atoms in total. The number of aromatic amines is 1. The molecule has 0 fully saturated rings. The molecule has 114 valence electrons. The van der Waals surface area contributed by atoms with Crippen molar-refractivity contribution in [2.75, 3.05) is 12.3 Å². The zero-order chi connectivity index (χ0) is 15.4. The first-order chi connectivity index (χ1) is 10.7. The quantitative estimate of drug-likeness (QED) is 0.686. The maximum Gasteiger partial charge on any atom is 0.230 e. The summed E-state index contributed by atoms with van der Waals surface area (Å²) in [6, 6.07) is 9.95. The van der Waals surface area contributed by atoms with Crippen molar-refractivity contribution < 1.29 is 9.32 Å². The van der Waals surface area contributed by atoms with Gasteiger partial charge in [-0.05, 0) is 13.0 Å². The minimum atomic E-state index is 0.0199. The third kappa shape index (κ3) is 3.51. The molecule has 0 saturated carbocycles. The molecule has 2 N–H and O–H groups in total. The Morgan fingerprint density at radius 2 is 2.27 bits per heavy atom. The number of fused-ring (bicyclic) bond motifs is 1. The number of benzene rings is 1. The van der Waals surface area contributed by atoms with Crippen LogP contribution in [0.3, 0.4) is 0 Å². The van der Waals surface area contributed by atoms with Crippen molar-refractivity contribution in [3.63, 3.8) is 0 Å². The molecule has 0 aliphatic heterocycles. The van der Waals surface area contributed by atoms with Crippen LogP contribution in [0.4, 0.5) is 0 Å². The topological polar surface area (TPSA) is 70.9 Å². The zero-order valence-electron chi connectivity index (χ0n) is 12.3. The van der Waals surface area contributed by atoms with E-state index in [0.29, 0.717) is 18.7 Å². The zero-order valence-corrected chi connectivity index (χ0v) is 13.1. The van der Waals surface area contributed by atoms with Crippen LogP contribution in [0.1, 0.15) is 11.5 Å². The van der Waals surface area contributed by atoms with Gasteiger partial charge in [-0.15, -0.1) is 11.8 Å². The predicted octanol–water partition coefficient (Wildman–Crippen LogP) is 2.92.